The number of cyclic esters (lactones) is 1. The van der Waals surface area contributed by atoms with Gasteiger partial charge >= 0.3 is 5.97 Å². The summed E-state index contributed by atoms with van der Waals surface area (Å²) in [6.07, 6.45) is 1.19. The highest BCUT2D eigenvalue weighted by Gasteiger charge is 2.42. The van der Waals surface area contributed by atoms with Crippen LogP contribution in [0, 0.1) is 24.2 Å². The summed E-state index contributed by atoms with van der Waals surface area (Å²) in [5, 5.41) is 24.4. The monoisotopic (exact) mass is 495 g/mol. The van der Waals surface area contributed by atoms with Gasteiger partial charge in [0.1, 0.15) is 11.9 Å². The van der Waals surface area contributed by atoms with Crippen LogP contribution in [-0.4, -0.2) is 58.0 Å². The molecule has 2 rings (SSSR count). The first-order valence-corrected chi connectivity index (χ1v) is 13.0. The summed E-state index contributed by atoms with van der Waals surface area (Å²) in [5.74, 6) is -1.60. The highest BCUT2D eigenvalue weighted by Crippen LogP contribution is 2.32. The average Bonchev–Trinajstić information content (AvgIpc) is 3.18. The van der Waals surface area contributed by atoms with Gasteiger partial charge in [-0.15, -0.1) is 11.3 Å². The van der Waals surface area contributed by atoms with E-state index >= 15 is 0 Å². The Bertz CT molecular complexity index is 863. The molecular formula is C26H41NO6S. The van der Waals surface area contributed by atoms with Crippen LogP contribution in [0.25, 0.3) is 6.08 Å². The highest BCUT2D eigenvalue weighted by molar-refractivity contribution is 7.09. The third kappa shape index (κ3) is 7.70. The zero-order chi connectivity index (χ0) is 25.6. The molecule has 6 atom stereocenters. The van der Waals surface area contributed by atoms with E-state index in [0.717, 1.165) is 35.5 Å². The Morgan fingerprint density at radius 3 is 2.50 bits per heavy atom. The molecule has 2 heterocycles. The number of esters is 1. The molecule has 1 fully saturated rings. The number of aromatic nitrogens is 1. The quantitative estimate of drug-likeness (QED) is 0.588. The van der Waals surface area contributed by atoms with Gasteiger partial charge in [0.2, 0.25) is 0 Å². The van der Waals surface area contributed by atoms with Gasteiger partial charge in [-0.05, 0) is 51.2 Å². The van der Waals surface area contributed by atoms with Gasteiger partial charge < -0.3 is 19.7 Å². The van der Waals surface area contributed by atoms with E-state index in [2.05, 4.69) is 4.98 Å². The number of carbonyl (C=O) groups excluding carboxylic acids is 2. The summed E-state index contributed by atoms with van der Waals surface area (Å²) in [7, 11) is 0. The number of nitrogens with zero attached hydrogens (tertiary/aromatic N) is 1. The van der Waals surface area contributed by atoms with Crippen molar-refractivity contribution in [2.45, 2.75) is 98.6 Å². The first-order chi connectivity index (χ1) is 15.8. The van der Waals surface area contributed by atoms with E-state index in [4.69, 9.17) is 9.47 Å². The van der Waals surface area contributed by atoms with Gasteiger partial charge in [0.05, 0.1) is 47.5 Å². The normalized spacial score (nSPS) is 32.9. The summed E-state index contributed by atoms with van der Waals surface area (Å²) in [5.41, 5.74) is 0.381. The van der Waals surface area contributed by atoms with Crippen molar-refractivity contribution < 1.29 is 29.3 Å². The maximum absolute atomic E-state index is 13.2. The predicted molar refractivity (Wildman–Crippen MR) is 133 cm³/mol. The fraction of sp³-hybridized carbons (Fsp3) is 0.731. The van der Waals surface area contributed by atoms with Crippen LogP contribution in [0.4, 0.5) is 0 Å². The molecule has 7 nitrogen and oxygen atoms in total. The summed E-state index contributed by atoms with van der Waals surface area (Å²) >= 11 is 1.54. The van der Waals surface area contributed by atoms with Crippen LogP contribution in [0.15, 0.2) is 11.0 Å². The van der Waals surface area contributed by atoms with E-state index < -0.39 is 35.6 Å². The third-order valence-electron chi connectivity index (χ3n) is 6.93. The maximum Gasteiger partial charge on any atom is 0.309 e. The van der Waals surface area contributed by atoms with Crippen molar-refractivity contribution in [3.63, 3.8) is 0 Å². The molecular weight excluding hydrogens is 454 g/mol. The minimum Gasteiger partial charge on any atom is -0.455 e. The zero-order valence-corrected chi connectivity index (χ0v) is 22.4. The Hall–Kier alpha value is -1.61. The molecule has 2 N–H and O–H groups in total. The SMILES string of the molecule is CC(=Cc1csc(C)n1)C1COC(C)CCCC(C)C(O)C(C)C(=O)C(C)(C)C(O)CC(=O)O1. The van der Waals surface area contributed by atoms with Crippen molar-refractivity contribution in [2.24, 2.45) is 17.3 Å². The van der Waals surface area contributed by atoms with Gasteiger partial charge in [0, 0.05) is 11.3 Å². The van der Waals surface area contributed by atoms with E-state index in [1.807, 2.05) is 39.2 Å². The minimum atomic E-state index is -1.24. The lowest BCUT2D eigenvalue weighted by molar-refractivity contribution is -0.157. The maximum atomic E-state index is 13.2. The standard InChI is InChI=1S/C26H41NO6S/c1-15-9-8-10-17(3)32-13-21(16(2)11-20-14-34-19(5)27-20)33-23(29)12-22(28)26(6,7)25(31)18(4)24(15)30/h11,14-15,17-18,21-22,24,28,30H,8-10,12-13H2,1-7H3. The molecule has 1 aromatic rings. The van der Waals surface area contributed by atoms with Gasteiger partial charge in [-0.1, -0.05) is 34.1 Å². The molecule has 0 aromatic carbocycles. The minimum absolute atomic E-state index is 0.0589. The van der Waals surface area contributed by atoms with Crippen LogP contribution in [0.5, 0.6) is 0 Å². The number of aliphatic hydroxyl groups excluding tert-OH is 2. The number of Topliss-reactive ketones (excluding diaryl/α,β-unsaturated/α-hetero) is 1. The summed E-state index contributed by atoms with van der Waals surface area (Å²) in [4.78, 5) is 30.4. The Morgan fingerprint density at radius 1 is 1.21 bits per heavy atom. The van der Waals surface area contributed by atoms with Crippen LogP contribution < -0.4 is 0 Å². The second-order valence-electron chi connectivity index (χ2n) is 10.3. The van der Waals surface area contributed by atoms with Gasteiger partial charge in [-0.25, -0.2) is 4.98 Å². The van der Waals surface area contributed by atoms with Gasteiger partial charge in [-0.2, -0.15) is 0 Å². The van der Waals surface area contributed by atoms with Crippen molar-refractivity contribution in [3.05, 3.63) is 21.7 Å². The van der Waals surface area contributed by atoms with Gasteiger partial charge in [-0.3, -0.25) is 9.59 Å². The molecule has 1 aliphatic heterocycles. The number of hydrogen-bond donors (Lipinski definition) is 2. The lowest BCUT2D eigenvalue weighted by Crippen LogP contribution is -2.45. The lowest BCUT2D eigenvalue weighted by Gasteiger charge is -2.34. The second kappa shape index (κ2) is 12.4. The lowest BCUT2D eigenvalue weighted by atomic mass is 9.73. The number of hydrogen-bond acceptors (Lipinski definition) is 8. The zero-order valence-electron chi connectivity index (χ0n) is 21.5. The average molecular weight is 496 g/mol. The molecule has 0 radical (unpaired) electrons. The fourth-order valence-corrected chi connectivity index (χ4v) is 4.85. The first kappa shape index (κ1) is 28.6. The van der Waals surface area contributed by atoms with Crippen molar-refractivity contribution in [2.75, 3.05) is 6.61 Å². The summed E-state index contributed by atoms with van der Waals surface area (Å²) < 4.78 is 11.7. The molecule has 0 spiro atoms. The van der Waals surface area contributed by atoms with Crippen LogP contribution in [0.1, 0.15) is 77.9 Å². The molecule has 192 valence electrons. The number of thiazole rings is 1. The number of ketones is 1. The largest absolute Gasteiger partial charge is 0.455 e. The number of carbonyl (C=O) groups is 2. The smallest absolute Gasteiger partial charge is 0.309 e. The van der Waals surface area contributed by atoms with E-state index in [1.165, 1.54) is 0 Å². The summed E-state index contributed by atoms with van der Waals surface area (Å²) in [6, 6.07) is 0. The van der Waals surface area contributed by atoms with Crippen LogP contribution in [0.2, 0.25) is 0 Å². The first-order valence-electron chi connectivity index (χ1n) is 12.1. The number of aryl methyl sites for hydroxylation is 1. The second-order valence-corrected chi connectivity index (χ2v) is 11.4. The Kier molecular flexibility index (Phi) is 10.4. The Labute approximate surface area is 207 Å². The number of ether oxygens (including phenoxy) is 2. The molecule has 34 heavy (non-hydrogen) atoms. The molecule has 0 saturated carbocycles. The van der Waals surface area contributed by atoms with E-state index in [1.54, 1.807) is 32.1 Å². The summed E-state index contributed by atoms with van der Waals surface area (Å²) in [6.45, 7) is 12.8. The van der Waals surface area contributed by atoms with Crippen LogP contribution in [0.3, 0.4) is 0 Å². The molecule has 0 amide bonds. The molecule has 1 saturated heterocycles. The van der Waals surface area contributed by atoms with E-state index in [0.29, 0.717) is 0 Å². The Balaban J connectivity index is 2.27. The van der Waals surface area contributed by atoms with Crippen LogP contribution in [-0.2, 0) is 19.1 Å². The highest BCUT2D eigenvalue weighted by atomic mass is 32.1. The van der Waals surface area contributed by atoms with Crippen molar-refractivity contribution in [1.82, 2.24) is 4.98 Å². The van der Waals surface area contributed by atoms with Crippen molar-refractivity contribution >= 4 is 29.2 Å². The molecule has 0 bridgehead atoms. The molecule has 8 heteroatoms. The number of rotatable bonds is 2. The third-order valence-corrected chi connectivity index (χ3v) is 7.72. The van der Waals surface area contributed by atoms with Gasteiger partial charge in [0.15, 0.2) is 0 Å². The number of aliphatic hydroxyl groups is 2. The van der Waals surface area contributed by atoms with E-state index in [9.17, 15) is 19.8 Å². The predicted octanol–water partition coefficient (Wildman–Crippen LogP) is 4.34. The molecule has 1 aromatic heterocycles. The van der Waals surface area contributed by atoms with Crippen LogP contribution >= 0.6 is 11.3 Å². The van der Waals surface area contributed by atoms with Crippen molar-refractivity contribution in [3.8, 4) is 0 Å². The van der Waals surface area contributed by atoms with Crippen molar-refractivity contribution in [1.29, 1.82) is 0 Å². The fourth-order valence-electron chi connectivity index (χ4n) is 4.28. The molecule has 0 aliphatic carbocycles. The molecule has 6 unspecified atom stereocenters. The topological polar surface area (TPSA) is 106 Å². The van der Waals surface area contributed by atoms with E-state index in [-0.39, 0.29) is 30.8 Å². The van der Waals surface area contributed by atoms with Gasteiger partial charge in [0.25, 0.3) is 0 Å². The molecule has 1 aliphatic rings. The Morgan fingerprint density at radius 2 is 1.88 bits per heavy atom.